The average molecular weight is 662 g/mol. The van der Waals surface area contributed by atoms with E-state index in [2.05, 4.69) is 5.32 Å². The van der Waals surface area contributed by atoms with Gasteiger partial charge < -0.3 is 29.5 Å². The minimum Gasteiger partial charge on any atom is -0.444 e. The van der Waals surface area contributed by atoms with Crippen molar-refractivity contribution in [1.82, 2.24) is 24.9 Å². The SMILES string of the molecule is COCC(=O)N1C=C(c2ccccc2)N(CC(=O)N[C@@H](Cc2ccccc2)C(=O)N2CCN(C(=O)OC(C)(C)C)CC2)C(=O)[C@@H]1C(C)C. The van der Waals surface area contributed by atoms with Crippen molar-refractivity contribution in [3.63, 3.8) is 0 Å². The van der Waals surface area contributed by atoms with Crippen LogP contribution in [0.5, 0.6) is 0 Å². The Morgan fingerprint density at radius 2 is 1.48 bits per heavy atom. The smallest absolute Gasteiger partial charge is 0.410 e. The number of ether oxygens (including phenoxy) is 2. The Hall–Kier alpha value is -4.71. The Kier molecular flexibility index (Phi) is 12.0. The summed E-state index contributed by atoms with van der Waals surface area (Å²) >= 11 is 0. The molecule has 258 valence electrons. The number of carbonyl (C=O) groups excluding carboxylic acids is 5. The first kappa shape index (κ1) is 36.1. The third-order valence-corrected chi connectivity index (χ3v) is 8.09. The number of piperazine rings is 1. The van der Waals surface area contributed by atoms with Crippen LogP contribution < -0.4 is 5.32 Å². The van der Waals surface area contributed by atoms with Gasteiger partial charge in [0.15, 0.2) is 0 Å². The summed E-state index contributed by atoms with van der Waals surface area (Å²) in [6.07, 6.45) is 1.41. The second-order valence-electron chi connectivity index (χ2n) is 13.3. The average Bonchev–Trinajstić information content (AvgIpc) is 3.05. The molecule has 0 radical (unpaired) electrons. The second kappa shape index (κ2) is 15.9. The molecule has 12 nitrogen and oxygen atoms in total. The molecule has 0 spiro atoms. The molecule has 1 N–H and O–H groups in total. The summed E-state index contributed by atoms with van der Waals surface area (Å²) in [4.78, 5) is 73.5. The number of benzene rings is 2. The number of nitrogens with one attached hydrogen (secondary N) is 1. The molecule has 2 aromatic carbocycles. The first-order valence-electron chi connectivity index (χ1n) is 16.3. The Morgan fingerprint density at radius 1 is 0.896 bits per heavy atom. The summed E-state index contributed by atoms with van der Waals surface area (Å²) in [6.45, 7) is 9.69. The van der Waals surface area contributed by atoms with Crippen molar-refractivity contribution in [2.45, 2.75) is 58.7 Å². The van der Waals surface area contributed by atoms with Crippen molar-refractivity contribution in [2.24, 2.45) is 5.92 Å². The second-order valence-corrected chi connectivity index (χ2v) is 13.3. The molecule has 5 amide bonds. The van der Waals surface area contributed by atoms with Crippen LogP contribution in [0.2, 0.25) is 0 Å². The lowest BCUT2D eigenvalue weighted by molar-refractivity contribution is -0.147. The van der Waals surface area contributed by atoms with E-state index in [9.17, 15) is 24.0 Å². The molecule has 48 heavy (non-hydrogen) atoms. The van der Waals surface area contributed by atoms with E-state index in [1.165, 1.54) is 16.9 Å². The highest BCUT2D eigenvalue weighted by Crippen LogP contribution is 2.30. The summed E-state index contributed by atoms with van der Waals surface area (Å²) in [5.41, 5.74) is 1.26. The van der Waals surface area contributed by atoms with Crippen LogP contribution in [0.4, 0.5) is 4.79 Å². The Labute approximate surface area is 282 Å². The van der Waals surface area contributed by atoms with Crippen LogP contribution in [0.3, 0.4) is 0 Å². The third-order valence-electron chi connectivity index (χ3n) is 8.09. The van der Waals surface area contributed by atoms with Gasteiger partial charge in [-0.05, 0) is 37.8 Å². The molecule has 2 atom stereocenters. The van der Waals surface area contributed by atoms with E-state index in [1.807, 2.05) is 62.4 Å². The number of hydrogen-bond donors (Lipinski definition) is 1. The van der Waals surface area contributed by atoms with Crippen molar-refractivity contribution in [2.75, 3.05) is 46.4 Å². The minimum absolute atomic E-state index is 0.204. The monoisotopic (exact) mass is 661 g/mol. The Bertz CT molecular complexity index is 1480. The predicted octanol–water partition coefficient (Wildman–Crippen LogP) is 3.13. The maximum absolute atomic E-state index is 14.1. The van der Waals surface area contributed by atoms with E-state index >= 15 is 0 Å². The van der Waals surface area contributed by atoms with Gasteiger partial charge in [0.1, 0.15) is 30.8 Å². The van der Waals surface area contributed by atoms with Gasteiger partial charge in [-0.25, -0.2) is 4.79 Å². The molecule has 12 heteroatoms. The number of amides is 5. The van der Waals surface area contributed by atoms with Gasteiger partial charge in [0.25, 0.3) is 11.8 Å². The zero-order chi connectivity index (χ0) is 35.0. The number of rotatable bonds is 10. The van der Waals surface area contributed by atoms with Crippen LogP contribution >= 0.6 is 0 Å². The fourth-order valence-corrected chi connectivity index (χ4v) is 5.80. The van der Waals surface area contributed by atoms with E-state index < -0.39 is 35.6 Å². The lowest BCUT2D eigenvalue weighted by atomic mass is 9.97. The molecule has 2 heterocycles. The molecule has 0 unspecified atom stereocenters. The fraction of sp³-hybridized carbons (Fsp3) is 0.472. The van der Waals surface area contributed by atoms with Crippen LogP contribution in [-0.2, 0) is 35.1 Å². The van der Waals surface area contributed by atoms with Gasteiger partial charge in [0.05, 0.1) is 5.70 Å². The van der Waals surface area contributed by atoms with Gasteiger partial charge in [0, 0.05) is 45.9 Å². The van der Waals surface area contributed by atoms with Gasteiger partial charge in [-0.3, -0.25) is 24.1 Å². The Balaban J connectivity index is 1.56. The lowest BCUT2D eigenvalue weighted by Gasteiger charge is -2.41. The highest BCUT2D eigenvalue weighted by atomic mass is 16.6. The van der Waals surface area contributed by atoms with Gasteiger partial charge in [-0.15, -0.1) is 0 Å². The number of hydrogen-bond acceptors (Lipinski definition) is 7. The highest BCUT2D eigenvalue weighted by molar-refractivity contribution is 6.00. The zero-order valence-corrected chi connectivity index (χ0v) is 28.7. The summed E-state index contributed by atoms with van der Waals surface area (Å²) in [7, 11) is 1.42. The van der Waals surface area contributed by atoms with Gasteiger partial charge in [-0.1, -0.05) is 74.5 Å². The zero-order valence-electron chi connectivity index (χ0n) is 28.7. The lowest BCUT2D eigenvalue weighted by Crippen LogP contribution is -2.59. The summed E-state index contributed by atoms with van der Waals surface area (Å²) < 4.78 is 10.6. The van der Waals surface area contributed by atoms with Crippen molar-refractivity contribution in [3.05, 3.63) is 78.0 Å². The minimum atomic E-state index is -0.919. The number of carbonyl (C=O) groups is 5. The highest BCUT2D eigenvalue weighted by Gasteiger charge is 2.41. The molecule has 0 saturated carbocycles. The van der Waals surface area contributed by atoms with Crippen molar-refractivity contribution >= 4 is 35.4 Å². The van der Waals surface area contributed by atoms with Gasteiger partial charge in [-0.2, -0.15) is 0 Å². The molecule has 2 aromatic rings. The predicted molar refractivity (Wildman–Crippen MR) is 180 cm³/mol. The molecular weight excluding hydrogens is 614 g/mol. The van der Waals surface area contributed by atoms with Crippen LogP contribution in [0.25, 0.3) is 5.70 Å². The quantitative estimate of drug-likeness (QED) is 0.415. The molecule has 0 aromatic heterocycles. The molecule has 1 saturated heterocycles. The number of methoxy groups -OCH3 is 1. The largest absolute Gasteiger partial charge is 0.444 e. The molecular formula is C36H47N5O7. The van der Waals surface area contributed by atoms with Crippen molar-refractivity contribution < 1.29 is 33.4 Å². The Morgan fingerprint density at radius 3 is 2.04 bits per heavy atom. The molecule has 1 fully saturated rings. The van der Waals surface area contributed by atoms with Crippen molar-refractivity contribution in [3.8, 4) is 0 Å². The summed E-state index contributed by atoms with van der Waals surface area (Å²) in [5.74, 6) is -1.84. The van der Waals surface area contributed by atoms with E-state index in [0.717, 1.165) is 5.56 Å². The van der Waals surface area contributed by atoms with Crippen LogP contribution in [0, 0.1) is 5.92 Å². The normalized spacial score (nSPS) is 17.6. The van der Waals surface area contributed by atoms with E-state index in [1.54, 1.807) is 48.9 Å². The van der Waals surface area contributed by atoms with Crippen LogP contribution in [0.1, 0.15) is 45.7 Å². The van der Waals surface area contributed by atoms with E-state index in [4.69, 9.17) is 9.47 Å². The summed E-state index contributed by atoms with van der Waals surface area (Å²) in [6, 6.07) is 16.7. The standard InChI is InChI=1S/C36H47N5O7/c1-25(2)32-34(45)40(29(27-15-11-8-12-16-27)22-41(32)31(43)24-47-6)23-30(42)37-28(21-26-13-9-7-10-14-26)33(44)38-17-19-39(20-18-38)35(46)48-36(3,4)5/h7-16,22,25,28,32H,17-21,23-24H2,1-6H3,(H,37,42)/t28-,32-/m0/s1. The van der Waals surface area contributed by atoms with Gasteiger partial charge in [0.2, 0.25) is 11.8 Å². The third kappa shape index (κ3) is 9.21. The van der Waals surface area contributed by atoms with Crippen LogP contribution in [0.15, 0.2) is 66.9 Å². The van der Waals surface area contributed by atoms with E-state index in [0.29, 0.717) is 24.4 Å². The van der Waals surface area contributed by atoms with Crippen LogP contribution in [-0.4, -0.2) is 113 Å². The topological polar surface area (TPSA) is 129 Å². The fourth-order valence-electron chi connectivity index (χ4n) is 5.80. The molecule has 4 rings (SSSR count). The first-order chi connectivity index (χ1) is 22.8. The maximum Gasteiger partial charge on any atom is 0.410 e. The summed E-state index contributed by atoms with van der Waals surface area (Å²) in [5, 5.41) is 2.91. The maximum atomic E-state index is 14.1. The number of nitrogens with zero attached hydrogens (tertiary/aromatic N) is 4. The molecule has 2 aliphatic heterocycles. The first-order valence-corrected chi connectivity index (χ1v) is 16.3. The molecule has 2 aliphatic rings. The molecule has 0 bridgehead atoms. The molecule has 0 aliphatic carbocycles. The van der Waals surface area contributed by atoms with Crippen molar-refractivity contribution in [1.29, 1.82) is 0 Å². The van der Waals surface area contributed by atoms with Gasteiger partial charge >= 0.3 is 6.09 Å². The van der Waals surface area contributed by atoms with E-state index in [-0.39, 0.29) is 50.4 Å².